The second-order valence-corrected chi connectivity index (χ2v) is 6.46. The molecule has 3 heterocycles. The Hall–Kier alpha value is -2.93. The number of amides is 2. The highest BCUT2D eigenvalue weighted by Crippen LogP contribution is 2.26. The highest BCUT2D eigenvalue weighted by Gasteiger charge is 2.17. The normalized spacial score (nSPS) is 14.7. The molecule has 0 saturated carbocycles. The van der Waals surface area contributed by atoms with Crippen LogP contribution in [0.5, 0.6) is 0 Å². The van der Waals surface area contributed by atoms with Crippen LogP contribution in [0.4, 0.5) is 11.4 Å². The largest absolute Gasteiger partial charge is 0.455 e. The molecule has 2 amide bonds. The van der Waals surface area contributed by atoms with Crippen LogP contribution in [0.1, 0.15) is 32.6 Å². The summed E-state index contributed by atoms with van der Waals surface area (Å²) in [4.78, 5) is 24.8. The summed E-state index contributed by atoms with van der Waals surface area (Å²) in [6, 6.07) is 13.8. The number of benzene rings is 1. The van der Waals surface area contributed by atoms with E-state index in [1.54, 1.807) is 60.3 Å². The molecule has 0 unspecified atom stereocenters. The lowest BCUT2D eigenvalue weighted by atomic mass is 10.2. The van der Waals surface area contributed by atoms with Gasteiger partial charge in [-0.1, -0.05) is 12.1 Å². The summed E-state index contributed by atoms with van der Waals surface area (Å²) < 4.78 is 11.2. The van der Waals surface area contributed by atoms with E-state index < -0.39 is 0 Å². The van der Waals surface area contributed by atoms with Crippen molar-refractivity contribution in [2.45, 2.75) is 11.5 Å². The second kappa shape index (κ2) is 6.52. The zero-order valence-corrected chi connectivity index (χ0v) is 13.9. The van der Waals surface area contributed by atoms with Gasteiger partial charge in [0.1, 0.15) is 11.5 Å². The highest BCUT2D eigenvalue weighted by atomic mass is 32.2. The first-order chi connectivity index (χ1) is 12.2. The molecule has 2 aromatic heterocycles. The molecular formula is C18H14N2O4S. The van der Waals surface area contributed by atoms with Crippen LogP contribution in [0.15, 0.2) is 57.4 Å². The Balaban J connectivity index is 1.72. The average molecular weight is 354 g/mol. The maximum atomic E-state index is 12.4. The summed E-state index contributed by atoms with van der Waals surface area (Å²) in [5.41, 5.74) is 0.963. The summed E-state index contributed by atoms with van der Waals surface area (Å²) in [6.07, 6.45) is 0. The standard InChI is InChI=1S/C18H14N2O4S/c21-17-15-7-5-11(23-15)9-25-10-12-6-8-16(24-12)18(22)20-14-4-2-1-3-13(14)19-17/h1-8H,9-10H2,(H,19,21)(H,20,22). The molecule has 4 bridgehead atoms. The lowest BCUT2D eigenvalue weighted by Crippen LogP contribution is -2.16. The molecule has 1 aliphatic heterocycles. The third kappa shape index (κ3) is 3.32. The van der Waals surface area contributed by atoms with E-state index in [0.29, 0.717) is 34.4 Å². The predicted molar refractivity (Wildman–Crippen MR) is 94.8 cm³/mol. The number of thioether (sulfide) groups is 1. The summed E-state index contributed by atoms with van der Waals surface area (Å²) in [5, 5.41) is 5.52. The molecule has 6 nitrogen and oxygen atoms in total. The van der Waals surface area contributed by atoms with E-state index in [1.165, 1.54) is 0 Å². The van der Waals surface area contributed by atoms with Crippen LogP contribution in [0, 0.1) is 0 Å². The molecule has 3 aromatic rings. The molecule has 7 heteroatoms. The number of carbonyl (C=O) groups is 2. The van der Waals surface area contributed by atoms with Crippen LogP contribution in [0.25, 0.3) is 0 Å². The van der Waals surface area contributed by atoms with Crippen LogP contribution in [-0.2, 0) is 11.5 Å². The van der Waals surface area contributed by atoms with Crippen molar-refractivity contribution in [3.63, 3.8) is 0 Å². The molecule has 1 aromatic carbocycles. The first-order valence-electron chi connectivity index (χ1n) is 7.66. The van der Waals surface area contributed by atoms with Crippen molar-refractivity contribution in [2.24, 2.45) is 0 Å². The van der Waals surface area contributed by atoms with Crippen LogP contribution < -0.4 is 10.6 Å². The molecule has 2 N–H and O–H groups in total. The van der Waals surface area contributed by atoms with Gasteiger partial charge in [0.15, 0.2) is 11.5 Å². The molecule has 0 atom stereocenters. The van der Waals surface area contributed by atoms with Crippen molar-refractivity contribution in [3.8, 4) is 0 Å². The van der Waals surface area contributed by atoms with Crippen molar-refractivity contribution >= 4 is 35.0 Å². The molecule has 0 spiro atoms. The number of hydrogen-bond donors (Lipinski definition) is 2. The number of anilines is 2. The fourth-order valence-electron chi connectivity index (χ4n) is 2.48. The van der Waals surface area contributed by atoms with Gasteiger partial charge in [0.05, 0.1) is 22.9 Å². The first-order valence-corrected chi connectivity index (χ1v) is 8.81. The van der Waals surface area contributed by atoms with Crippen molar-refractivity contribution in [2.75, 3.05) is 10.6 Å². The van der Waals surface area contributed by atoms with E-state index in [0.717, 1.165) is 0 Å². The van der Waals surface area contributed by atoms with Crippen LogP contribution in [0.3, 0.4) is 0 Å². The van der Waals surface area contributed by atoms with Gasteiger partial charge < -0.3 is 19.5 Å². The fraction of sp³-hybridized carbons (Fsp3) is 0.111. The zero-order valence-electron chi connectivity index (χ0n) is 13.1. The third-order valence-corrected chi connectivity index (χ3v) is 4.66. The van der Waals surface area contributed by atoms with Gasteiger partial charge in [0, 0.05) is 0 Å². The van der Waals surface area contributed by atoms with Gasteiger partial charge in [-0.25, -0.2) is 0 Å². The van der Waals surface area contributed by atoms with E-state index in [9.17, 15) is 9.59 Å². The summed E-state index contributed by atoms with van der Waals surface area (Å²) in [6.45, 7) is 0. The Kier molecular flexibility index (Phi) is 4.07. The van der Waals surface area contributed by atoms with Gasteiger partial charge in [-0.15, -0.1) is 11.8 Å². The number of furan rings is 2. The van der Waals surface area contributed by atoms with E-state index in [2.05, 4.69) is 10.6 Å². The quantitative estimate of drug-likeness (QED) is 0.634. The number of fused-ring (bicyclic) bond motifs is 5. The number of hydrogen-bond acceptors (Lipinski definition) is 5. The minimum absolute atomic E-state index is 0.228. The van der Waals surface area contributed by atoms with Gasteiger partial charge in [0.25, 0.3) is 11.8 Å². The van der Waals surface area contributed by atoms with E-state index in [4.69, 9.17) is 8.83 Å². The monoisotopic (exact) mass is 354 g/mol. The summed E-state index contributed by atoms with van der Waals surface area (Å²) >= 11 is 1.58. The molecular weight excluding hydrogens is 340 g/mol. The maximum Gasteiger partial charge on any atom is 0.291 e. The third-order valence-electron chi connectivity index (χ3n) is 3.68. The van der Waals surface area contributed by atoms with Gasteiger partial charge >= 0.3 is 0 Å². The van der Waals surface area contributed by atoms with Crippen LogP contribution >= 0.6 is 11.8 Å². The second-order valence-electron chi connectivity index (χ2n) is 5.48. The number of nitrogens with one attached hydrogen (secondary N) is 2. The zero-order chi connectivity index (χ0) is 17.2. The van der Waals surface area contributed by atoms with Gasteiger partial charge in [-0.3, -0.25) is 9.59 Å². The van der Waals surface area contributed by atoms with Crippen molar-refractivity contribution in [3.05, 3.63) is 71.6 Å². The Morgan fingerprint density at radius 1 is 0.720 bits per heavy atom. The Labute approximate surface area is 147 Å². The number of para-hydroxylation sites is 2. The molecule has 4 rings (SSSR count). The minimum Gasteiger partial charge on any atom is -0.455 e. The van der Waals surface area contributed by atoms with E-state index in [-0.39, 0.29) is 23.3 Å². The molecule has 126 valence electrons. The summed E-state index contributed by atoms with van der Waals surface area (Å²) in [5.74, 6) is 2.34. The number of rotatable bonds is 0. The van der Waals surface area contributed by atoms with Crippen molar-refractivity contribution < 1.29 is 18.4 Å². The van der Waals surface area contributed by atoms with Crippen molar-refractivity contribution in [1.82, 2.24) is 0 Å². The summed E-state index contributed by atoms with van der Waals surface area (Å²) in [7, 11) is 0. The minimum atomic E-state index is -0.368. The maximum absolute atomic E-state index is 12.4. The topological polar surface area (TPSA) is 84.5 Å². The molecule has 0 aliphatic carbocycles. The Bertz CT molecular complexity index is 869. The van der Waals surface area contributed by atoms with Gasteiger partial charge in [-0.2, -0.15) is 0 Å². The Morgan fingerprint density at radius 3 is 1.68 bits per heavy atom. The molecule has 25 heavy (non-hydrogen) atoms. The Morgan fingerprint density at radius 2 is 1.20 bits per heavy atom. The van der Waals surface area contributed by atoms with Crippen LogP contribution in [-0.4, -0.2) is 11.8 Å². The van der Waals surface area contributed by atoms with E-state index in [1.807, 2.05) is 0 Å². The number of carbonyl (C=O) groups excluding carboxylic acids is 2. The highest BCUT2D eigenvalue weighted by molar-refractivity contribution is 7.97. The average Bonchev–Trinajstić information content (AvgIpc) is 3.25. The van der Waals surface area contributed by atoms with Crippen LogP contribution in [0.2, 0.25) is 0 Å². The van der Waals surface area contributed by atoms with Crippen molar-refractivity contribution in [1.29, 1.82) is 0 Å². The fourth-order valence-corrected chi connectivity index (χ4v) is 3.29. The smallest absolute Gasteiger partial charge is 0.291 e. The lowest BCUT2D eigenvalue weighted by Gasteiger charge is -2.10. The molecule has 0 fully saturated rings. The SMILES string of the molecule is O=C1Nc2ccccc2NC(=O)c2ccc(o2)CSCc2ccc1o2. The van der Waals surface area contributed by atoms with Gasteiger partial charge in [0.2, 0.25) is 0 Å². The van der Waals surface area contributed by atoms with E-state index >= 15 is 0 Å². The van der Waals surface area contributed by atoms with Gasteiger partial charge in [-0.05, 0) is 36.4 Å². The molecule has 1 aliphatic rings. The molecule has 0 saturated heterocycles. The lowest BCUT2D eigenvalue weighted by molar-refractivity contribution is 0.0986. The predicted octanol–water partition coefficient (Wildman–Crippen LogP) is 4.12. The molecule has 0 radical (unpaired) electrons. The first kappa shape index (κ1) is 15.6.